The van der Waals surface area contributed by atoms with Crippen molar-refractivity contribution in [3.63, 3.8) is 0 Å². The molecule has 1 heterocycles. The second kappa shape index (κ2) is 9.34. The molecule has 28 heavy (non-hydrogen) atoms. The van der Waals surface area contributed by atoms with Crippen molar-refractivity contribution >= 4 is 11.8 Å². The largest absolute Gasteiger partial charge is 0.434 e. The van der Waals surface area contributed by atoms with E-state index in [1.807, 2.05) is 4.90 Å². The third-order valence-electron chi connectivity index (χ3n) is 5.37. The van der Waals surface area contributed by atoms with Gasteiger partial charge in [0.25, 0.3) is 5.91 Å². The maximum atomic E-state index is 13.0. The Balaban J connectivity index is 1.68. The first kappa shape index (κ1) is 20.6. The van der Waals surface area contributed by atoms with E-state index in [2.05, 4.69) is 11.7 Å². The van der Waals surface area contributed by atoms with Crippen LogP contribution in [-0.4, -0.2) is 54.4 Å². The molecule has 1 saturated heterocycles. The van der Waals surface area contributed by atoms with Crippen molar-refractivity contribution < 1.29 is 23.1 Å². The summed E-state index contributed by atoms with van der Waals surface area (Å²) in [5.74, 6) is 0.0139. The number of halogens is 2. The van der Waals surface area contributed by atoms with Crippen LogP contribution < -0.4 is 4.74 Å². The number of nitrogens with zero attached hydrogens (tertiary/aromatic N) is 2. The zero-order valence-electron chi connectivity index (χ0n) is 16.3. The molecule has 1 atom stereocenters. The summed E-state index contributed by atoms with van der Waals surface area (Å²) in [6, 6.07) is 6.03. The highest BCUT2D eigenvalue weighted by atomic mass is 19.3. The van der Waals surface area contributed by atoms with Gasteiger partial charge in [-0.25, -0.2) is 0 Å². The van der Waals surface area contributed by atoms with Crippen molar-refractivity contribution in [2.75, 3.05) is 26.2 Å². The number of benzene rings is 1. The molecule has 5 nitrogen and oxygen atoms in total. The highest BCUT2D eigenvalue weighted by Crippen LogP contribution is 2.31. The molecule has 0 aromatic heterocycles. The molecule has 2 fully saturated rings. The third-order valence-corrected chi connectivity index (χ3v) is 5.37. The summed E-state index contributed by atoms with van der Waals surface area (Å²) in [5, 5.41) is 0. The Labute approximate surface area is 164 Å². The predicted molar refractivity (Wildman–Crippen MR) is 101 cm³/mol. The number of likely N-dealkylation sites (tertiary alicyclic amines) is 1. The molecule has 2 amide bonds. The number of hydrogen-bond donors (Lipinski definition) is 0. The van der Waals surface area contributed by atoms with Gasteiger partial charge in [0.15, 0.2) is 0 Å². The summed E-state index contributed by atoms with van der Waals surface area (Å²) in [5.41, 5.74) is 0.110. The second-order valence-corrected chi connectivity index (χ2v) is 7.69. The van der Waals surface area contributed by atoms with E-state index in [-0.39, 0.29) is 29.0 Å². The average molecular weight is 394 g/mol. The Morgan fingerprint density at radius 2 is 2.00 bits per heavy atom. The molecule has 0 N–H and O–H groups in total. The molecule has 7 heteroatoms. The Hall–Kier alpha value is -2.18. The van der Waals surface area contributed by atoms with Gasteiger partial charge in [0.1, 0.15) is 5.75 Å². The number of amides is 2. The van der Waals surface area contributed by atoms with Crippen molar-refractivity contribution in [3.8, 4) is 5.75 Å². The number of ether oxygens (including phenoxy) is 1. The standard InChI is InChI=1S/C21H28F2N2O3/c1-2-11-24(13-15-9-10-15)19(26)16-6-5-12-25(14-16)20(27)17-7-3-4-8-18(17)28-21(22)23/h3-4,7-8,15-16,21H,2,5-6,9-14H2,1H3. The van der Waals surface area contributed by atoms with E-state index in [9.17, 15) is 18.4 Å². The molecule has 1 aliphatic heterocycles. The van der Waals surface area contributed by atoms with Crippen LogP contribution in [0.1, 0.15) is 49.4 Å². The van der Waals surface area contributed by atoms with Crippen LogP contribution in [0.3, 0.4) is 0 Å². The number of piperidine rings is 1. The summed E-state index contributed by atoms with van der Waals surface area (Å²) < 4.78 is 29.8. The summed E-state index contributed by atoms with van der Waals surface area (Å²) >= 11 is 0. The fourth-order valence-electron chi connectivity index (χ4n) is 3.81. The number of hydrogen-bond acceptors (Lipinski definition) is 3. The van der Waals surface area contributed by atoms with Gasteiger partial charge in [-0.05, 0) is 50.2 Å². The maximum absolute atomic E-state index is 13.0. The van der Waals surface area contributed by atoms with Crippen molar-refractivity contribution in [1.29, 1.82) is 0 Å². The van der Waals surface area contributed by atoms with Crippen LogP contribution in [0, 0.1) is 11.8 Å². The topological polar surface area (TPSA) is 49.9 Å². The van der Waals surface area contributed by atoms with E-state index in [1.165, 1.54) is 25.0 Å². The Morgan fingerprint density at radius 1 is 1.25 bits per heavy atom. The lowest BCUT2D eigenvalue weighted by atomic mass is 9.95. The lowest BCUT2D eigenvalue weighted by molar-refractivity contribution is -0.137. The maximum Gasteiger partial charge on any atom is 0.387 e. The predicted octanol–water partition coefficient (Wildman–Crippen LogP) is 3.79. The molecule has 0 radical (unpaired) electrons. The Bertz CT molecular complexity index is 694. The minimum Gasteiger partial charge on any atom is -0.434 e. The van der Waals surface area contributed by atoms with Crippen LogP contribution in [0.4, 0.5) is 8.78 Å². The third kappa shape index (κ3) is 5.20. The molecule has 1 unspecified atom stereocenters. The van der Waals surface area contributed by atoms with Crippen LogP contribution in [-0.2, 0) is 4.79 Å². The van der Waals surface area contributed by atoms with Gasteiger partial charge >= 0.3 is 6.61 Å². The van der Waals surface area contributed by atoms with E-state index >= 15 is 0 Å². The van der Waals surface area contributed by atoms with Gasteiger partial charge in [-0.15, -0.1) is 0 Å². The summed E-state index contributed by atoms with van der Waals surface area (Å²) in [4.78, 5) is 29.5. The minimum absolute atomic E-state index is 0.110. The van der Waals surface area contributed by atoms with Gasteiger partial charge in [0.05, 0.1) is 11.5 Å². The highest BCUT2D eigenvalue weighted by molar-refractivity contribution is 5.97. The highest BCUT2D eigenvalue weighted by Gasteiger charge is 2.34. The number of carbonyl (C=O) groups is 2. The quantitative estimate of drug-likeness (QED) is 0.674. The molecule has 1 aromatic rings. The zero-order valence-corrected chi connectivity index (χ0v) is 16.3. The van der Waals surface area contributed by atoms with Crippen LogP contribution in [0.2, 0.25) is 0 Å². The van der Waals surface area contributed by atoms with Crippen LogP contribution >= 0.6 is 0 Å². The second-order valence-electron chi connectivity index (χ2n) is 7.69. The fourth-order valence-corrected chi connectivity index (χ4v) is 3.81. The normalized spacial score (nSPS) is 19.6. The summed E-state index contributed by atoms with van der Waals surface area (Å²) in [6.45, 7) is 1.46. The lowest BCUT2D eigenvalue weighted by Gasteiger charge is -2.35. The van der Waals surface area contributed by atoms with Gasteiger partial charge in [-0.2, -0.15) is 8.78 Å². The molecule has 1 saturated carbocycles. The average Bonchev–Trinajstić information content (AvgIpc) is 3.51. The molecule has 0 bridgehead atoms. The zero-order chi connectivity index (χ0) is 20.1. The first-order valence-electron chi connectivity index (χ1n) is 10.1. The van der Waals surface area contributed by atoms with E-state index in [0.29, 0.717) is 19.0 Å². The monoisotopic (exact) mass is 394 g/mol. The molecule has 2 aliphatic rings. The van der Waals surface area contributed by atoms with E-state index in [1.54, 1.807) is 17.0 Å². The number of alkyl halides is 2. The van der Waals surface area contributed by atoms with Crippen LogP contribution in [0.25, 0.3) is 0 Å². The molecule has 3 rings (SSSR count). The molecule has 1 aliphatic carbocycles. The van der Waals surface area contributed by atoms with Crippen molar-refractivity contribution in [2.24, 2.45) is 11.8 Å². The Kier molecular flexibility index (Phi) is 6.86. The van der Waals surface area contributed by atoms with Gasteiger partial charge in [-0.1, -0.05) is 19.1 Å². The molecule has 1 aromatic carbocycles. The van der Waals surface area contributed by atoms with Crippen molar-refractivity contribution in [1.82, 2.24) is 9.80 Å². The fraction of sp³-hybridized carbons (Fsp3) is 0.619. The van der Waals surface area contributed by atoms with Gasteiger partial charge < -0.3 is 14.5 Å². The van der Waals surface area contributed by atoms with Crippen molar-refractivity contribution in [3.05, 3.63) is 29.8 Å². The van der Waals surface area contributed by atoms with Gasteiger partial charge in [0.2, 0.25) is 5.91 Å². The van der Waals surface area contributed by atoms with Gasteiger partial charge in [0, 0.05) is 26.2 Å². The molecular weight excluding hydrogens is 366 g/mol. The summed E-state index contributed by atoms with van der Waals surface area (Å²) in [7, 11) is 0. The minimum atomic E-state index is -2.99. The van der Waals surface area contributed by atoms with E-state index in [4.69, 9.17) is 0 Å². The van der Waals surface area contributed by atoms with E-state index < -0.39 is 6.61 Å². The first-order valence-corrected chi connectivity index (χ1v) is 10.1. The van der Waals surface area contributed by atoms with Gasteiger partial charge in [-0.3, -0.25) is 9.59 Å². The van der Waals surface area contributed by atoms with Crippen LogP contribution in [0.15, 0.2) is 24.3 Å². The number of carbonyl (C=O) groups excluding carboxylic acids is 2. The molecule has 0 spiro atoms. The SMILES string of the molecule is CCCN(CC1CC1)C(=O)C1CCCN(C(=O)c2ccccc2OC(F)F)C1. The van der Waals surface area contributed by atoms with E-state index in [0.717, 1.165) is 32.4 Å². The molecular formula is C21H28F2N2O3. The number of para-hydroxylation sites is 1. The van der Waals surface area contributed by atoms with Crippen molar-refractivity contribution in [2.45, 2.75) is 45.6 Å². The number of rotatable bonds is 8. The molecule has 154 valence electrons. The summed E-state index contributed by atoms with van der Waals surface area (Å²) in [6.07, 6.45) is 4.76. The first-order chi connectivity index (χ1) is 13.5. The smallest absolute Gasteiger partial charge is 0.387 e. The van der Waals surface area contributed by atoms with Crippen LogP contribution in [0.5, 0.6) is 5.75 Å². The lowest BCUT2D eigenvalue weighted by Crippen LogP contribution is -2.47. The Morgan fingerprint density at radius 3 is 2.68 bits per heavy atom.